The van der Waals surface area contributed by atoms with Crippen molar-refractivity contribution in [2.24, 2.45) is 5.73 Å². The van der Waals surface area contributed by atoms with Crippen LogP contribution < -0.4 is 27.0 Å². The Morgan fingerprint density at radius 1 is 0.636 bits per heavy atom. The van der Waals surface area contributed by atoms with E-state index in [9.17, 15) is 29.1 Å². The van der Waals surface area contributed by atoms with Crippen LogP contribution in [0.25, 0.3) is 0 Å². The molecule has 12 heteroatoms. The van der Waals surface area contributed by atoms with Crippen LogP contribution in [0.5, 0.6) is 5.75 Å². The maximum atomic E-state index is 13.6. The number of carbonyl (C=O) groups excluding carboxylic acids is 4. The first-order valence-electron chi connectivity index (χ1n) is 14.0. The van der Waals surface area contributed by atoms with Crippen LogP contribution in [0.4, 0.5) is 0 Å². The average molecular weight is 604 g/mol. The van der Waals surface area contributed by atoms with Crippen molar-refractivity contribution in [3.8, 4) is 5.75 Å². The van der Waals surface area contributed by atoms with Gasteiger partial charge in [0.05, 0.1) is 6.04 Å². The molecule has 0 saturated carbocycles. The number of carboxylic acid groups (broad SMARTS) is 1. The van der Waals surface area contributed by atoms with Crippen LogP contribution in [-0.4, -0.2) is 70.5 Å². The van der Waals surface area contributed by atoms with Crippen molar-refractivity contribution < 1.29 is 34.2 Å². The first-order chi connectivity index (χ1) is 21.0. The van der Waals surface area contributed by atoms with Crippen LogP contribution >= 0.6 is 0 Å². The fraction of sp³-hybridized carbons (Fsp3) is 0.281. The van der Waals surface area contributed by atoms with Gasteiger partial charge in [-0.05, 0) is 42.2 Å². The zero-order valence-corrected chi connectivity index (χ0v) is 24.2. The van der Waals surface area contributed by atoms with Gasteiger partial charge in [0.15, 0.2) is 0 Å². The van der Waals surface area contributed by atoms with Gasteiger partial charge < -0.3 is 37.2 Å². The number of rotatable bonds is 15. The number of amides is 4. The van der Waals surface area contributed by atoms with E-state index >= 15 is 0 Å². The molecule has 0 spiro atoms. The molecule has 3 aromatic carbocycles. The van der Waals surface area contributed by atoms with Crippen LogP contribution in [-0.2, 0) is 43.2 Å². The normalized spacial score (nSPS) is 13.4. The third-order valence-electron chi connectivity index (χ3n) is 6.73. The van der Waals surface area contributed by atoms with E-state index in [0.717, 1.165) is 5.56 Å². The Hall–Kier alpha value is -5.23. The smallest absolute Gasteiger partial charge is 0.322 e. The minimum absolute atomic E-state index is 0.0131. The highest BCUT2D eigenvalue weighted by atomic mass is 16.4. The van der Waals surface area contributed by atoms with E-state index in [1.807, 2.05) is 30.3 Å². The fourth-order valence-corrected chi connectivity index (χ4v) is 4.34. The Labute approximate surface area is 255 Å². The van der Waals surface area contributed by atoms with Crippen molar-refractivity contribution in [2.45, 2.75) is 50.4 Å². The zero-order valence-electron chi connectivity index (χ0n) is 24.2. The largest absolute Gasteiger partial charge is 0.508 e. The molecule has 4 atom stereocenters. The molecule has 4 amide bonds. The van der Waals surface area contributed by atoms with Crippen LogP contribution in [0.2, 0.25) is 0 Å². The van der Waals surface area contributed by atoms with Gasteiger partial charge in [-0.25, -0.2) is 0 Å². The van der Waals surface area contributed by atoms with Crippen LogP contribution in [0.1, 0.15) is 23.6 Å². The molecule has 0 aliphatic carbocycles. The number of carboxylic acids is 1. The molecule has 0 heterocycles. The zero-order chi connectivity index (χ0) is 32.1. The summed E-state index contributed by atoms with van der Waals surface area (Å²) in [6, 6.07) is 19.7. The van der Waals surface area contributed by atoms with E-state index < -0.39 is 60.3 Å². The number of hydrogen-bond acceptors (Lipinski definition) is 7. The standard InChI is InChI=1S/C32H37N5O7/c1-20(35-30(42)25(33)16-21-8-4-2-5-9-21)29(41)36-27(18-23-12-14-24(38)15-13-23)32(44)37-26(31(43)34-19-28(39)40)17-22-10-6-3-7-11-22/h2-15,20,25-27,38H,16-19,33H2,1H3,(H,34,43)(H,35,42)(H,36,41)(H,37,44)(H,39,40)/t20-,25-,26-,27-/m0/s1. The summed E-state index contributed by atoms with van der Waals surface area (Å²) in [4.78, 5) is 63.4. The SMILES string of the molecule is C[C@H](NC(=O)[C@@H](N)Cc1ccccc1)C(=O)N[C@@H](Cc1ccc(O)cc1)C(=O)N[C@@H](Cc1ccccc1)C(=O)NCC(=O)O. The Balaban J connectivity index is 1.74. The molecular formula is C32H37N5O7. The van der Waals surface area contributed by atoms with Gasteiger partial charge in [0.25, 0.3) is 0 Å². The lowest BCUT2D eigenvalue weighted by atomic mass is 10.0. The maximum absolute atomic E-state index is 13.6. The number of aliphatic carboxylic acids is 1. The van der Waals surface area contributed by atoms with E-state index in [1.54, 1.807) is 42.5 Å². The lowest BCUT2D eigenvalue weighted by Crippen LogP contribution is -2.58. The quantitative estimate of drug-likeness (QED) is 0.130. The predicted octanol–water partition coefficient (Wildman–Crippen LogP) is 0.423. The molecule has 0 aromatic heterocycles. The molecular weight excluding hydrogens is 566 g/mol. The summed E-state index contributed by atoms with van der Waals surface area (Å²) in [6.07, 6.45) is 0.310. The van der Waals surface area contributed by atoms with Crippen molar-refractivity contribution in [1.29, 1.82) is 0 Å². The van der Waals surface area contributed by atoms with E-state index in [4.69, 9.17) is 10.8 Å². The van der Waals surface area contributed by atoms with Gasteiger partial charge in [0, 0.05) is 12.8 Å². The number of nitrogens with two attached hydrogens (primary N) is 1. The summed E-state index contributed by atoms with van der Waals surface area (Å²) in [5, 5.41) is 28.8. The van der Waals surface area contributed by atoms with E-state index in [2.05, 4.69) is 21.3 Å². The molecule has 12 nitrogen and oxygen atoms in total. The molecule has 3 rings (SSSR count). The highest BCUT2D eigenvalue weighted by molar-refractivity contribution is 5.95. The van der Waals surface area contributed by atoms with Crippen LogP contribution in [0.3, 0.4) is 0 Å². The number of aromatic hydroxyl groups is 1. The maximum Gasteiger partial charge on any atom is 0.322 e. The second-order valence-electron chi connectivity index (χ2n) is 10.3. The number of nitrogens with one attached hydrogen (secondary N) is 4. The Kier molecular flexibility index (Phi) is 12.4. The van der Waals surface area contributed by atoms with Crippen LogP contribution in [0.15, 0.2) is 84.9 Å². The Morgan fingerprint density at radius 2 is 1.11 bits per heavy atom. The third-order valence-corrected chi connectivity index (χ3v) is 6.73. The Bertz CT molecular complexity index is 1420. The second kappa shape index (κ2) is 16.4. The number of hydrogen-bond donors (Lipinski definition) is 7. The molecule has 0 bridgehead atoms. The molecule has 0 fully saturated rings. The highest BCUT2D eigenvalue weighted by Crippen LogP contribution is 2.12. The van der Waals surface area contributed by atoms with Gasteiger partial charge in [-0.2, -0.15) is 0 Å². The summed E-state index contributed by atoms with van der Waals surface area (Å²) in [5.41, 5.74) is 8.22. The van der Waals surface area contributed by atoms with E-state index in [0.29, 0.717) is 11.1 Å². The van der Waals surface area contributed by atoms with Gasteiger partial charge >= 0.3 is 5.97 Å². The van der Waals surface area contributed by atoms with Gasteiger partial charge in [-0.1, -0.05) is 72.8 Å². The molecule has 0 saturated heterocycles. The summed E-state index contributed by atoms with van der Waals surface area (Å²) in [6.45, 7) is 0.812. The third kappa shape index (κ3) is 10.9. The van der Waals surface area contributed by atoms with Gasteiger partial charge in [0.1, 0.15) is 30.4 Å². The van der Waals surface area contributed by atoms with Crippen molar-refractivity contribution >= 4 is 29.6 Å². The molecule has 8 N–H and O–H groups in total. The summed E-state index contributed by atoms with van der Waals surface area (Å²) < 4.78 is 0. The molecule has 0 unspecified atom stereocenters. The topological polar surface area (TPSA) is 200 Å². The van der Waals surface area contributed by atoms with Gasteiger partial charge in [-0.3, -0.25) is 24.0 Å². The fourth-order valence-electron chi connectivity index (χ4n) is 4.34. The predicted molar refractivity (Wildman–Crippen MR) is 162 cm³/mol. The van der Waals surface area contributed by atoms with Gasteiger partial charge in [-0.15, -0.1) is 0 Å². The van der Waals surface area contributed by atoms with Crippen LogP contribution in [0, 0.1) is 0 Å². The monoisotopic (exact) mass is 603 g/mol. The highest BCUT2D eigenvalue weighted by Gasteiger charge is 2.29. The minimum Gasteiger partial charge on any atom is -0.508 e. The minimum atomic E-state index is -1.25. The number of phenolic OH excluding ortho intramolecular Hbond substituents is 1. The van der Waals surface area contributed by atoms with Crippen molar-refractivity contribution in [3.05, 3.63) is 102 Å². The second-order valence-corrected chi connectivity index (χ2v) is 10.3. The first kappa shape index (κ1) is 33.3. The lowest BCUT2D eigenvalue weighted by Gasteiger charge is -2.25. The molecule has 0 aliphatic heterocycles. The summed E-state index contributed by atoms with van der Waals surface area (Å²) in [7, 11) is 0. The average Bonchev–Trinajstić information content (AvgIpc) is 3.01. The molecule has 0 radical (unpaired) electrons. The molecule has 44 heavy (non-hydrogen) atoms. The first-order valence-corrected chi connectivity index (χ1v) is 14.0. The van der Waals surface area contributed by atoms with Crippen molar-refractivity contribution in [2.75, 3.05) is 6.54 Å². The number of carbonyl (C=O) groups is 5. The molecule has 3 aromatic rings. The Morgan fingerprint density at radius 3 is 1.66 bits per heavy atom. The number of phenols is 1. The van der Waals surface area contributed by atoms with Crippen molar-refractivity contribution in [1.82, 2.24) is 21.3 Å². The number of benzene rings is 3. The van der Waals surface area contributed by atoms with E-state index in [-0.39, 0.29) is 25.0 Å². The van der Waals surface area contributed by atoms with E-state index in [1.165, 1.54) is 19.1 Å². The van der Waals surface area contributed by atoms with Crippen molar-refractivity contribution in [3.63, 3.8) is 0 Å². The van der Waals surface area contributed by atoms with Gasteiger partial charge in [0.2, 0.25) is 23.6 Å². The molecule has 0 aliphatic rings. The summed E-state index contributed by atoms with van der Waals surface area (Å²) in [5.74, 6) is -3.88. The lowest BCUT2D eigenvalue weighted by molar-refractivity contribution is -0.138. The summed E-state index contributed by atoms with van der Waals surface area (Å²) >= 11 is 0. The molecule has 232 valence electrons.